The molecule has 10 nitrogen and oxygen atoms in total. The van der Waals surface area contributed by atoms with Gasteiger partial charge >= 0.3 is 41.3 Å². The fraction of sp³-hybridized carbons (Fsp3) is 0.250. The number of amides is 1. The van der Waals surface area contributed by atoms with E-state index in [9.17, 15) is 22.4 Å². The molecule has 172 valence electrons. The van der Waals surface area contributed by atoms with Crippen LogP contribution in [-0.4, -0.2) is 45.5 Å². The number of hydrogen-bond acceptors (Lipinski definition) is 7. The van der Waals surface area contributed by atoms with Crippen LogP contribution < -0.4 is 49.4 Å². The maximum absolute atomic E-state index is 14.5. The summed E-state index contributed by atoms with van der Waals surface area (Å²) in [5.74, 6) is -1.08. The van der Waals surface area contributed by atoms with Crippen LogP contribution in [-0.2, 0) is 16.6 Å². The predicted octanol–water partition coefficient (Wildman–Crippen LogP) is -0.721. The summed E-state index contributed by atoms with van der Waals surface area (Å²) in [7, 11) is 0.399. The van der Waals surface area contributed by atoms with Crippen LogP contribution in [0.1, 0.15) is 18.1 Å². The Labute approximate surface area is 213 Å². The average molecular weight is 488 g/mol. The first-order valence-electron chi connectivity index (χ1n) is 9.32. The number of rotatable bonds is 6. The van der Waals surface area contributed by atoms with Gasteiger partial charge in [0.25, 0.3) is 10.2 Å². The summed E-state index contributed by atoms with van der Waals surface area (Å²) in [6.07, 6.45) is 0.715. The summed E-state index contributed by atoms with van der Waals surface area (Å²) < 4.78 is 52.5. The van der Waals surface area contributed by atoms with Crippen molar-refractivity contribution in [2.75, 3.05) is 25.9 Å². The van der Waals surface area contributed by atoms with Gasteiger partial charge in [0.1, 0.15) is 11.4 Å². The van der Waals surface area contributed by atoms with Crippen LogP contribution in [0.25, 0.3) is 11.0 Å². The van der Waals surface area contributed by atoms with E-state index in [4.69, 9.17) is 9.15 Å². The Morgan fingerprint density at radius 2 is 2.00 bits per heavy atom. The zero-order chi connectivity index (χ0) is 23.6. The minimum Gasteiger partial charge on any atom is -1.00 e. The Balaban J connectivity index is 0.00000289. The topological polar surface area (TPSA) is 131 Å². The number of pyridine rings is 1. The van der Waals surface area contributed by atoms with Crippen molar-refractivity contribution in [3.8, 4) is 5.75 Å². The van der Waals surface area contributed by atoms with Crippen molar-refractivity contribution in [3.63, 3.8) is 0 Å². The first-order chi connectivity index (χ1) is 15.0. The van der Waals surface area contributed by atoms with Gasteiger partial charge in [0, 0.05) is 50.8 Å². The molecule has 33 heavy (non-hydrogen) atoms. The number of halogens is 1. The van der Waals surface area contributed by atoms with Gasteiger partial charge in [-0.2, -0.15) is 8.42 Å². The van der Waals surface area contributed by atoms with Crippen LogP contribution in [0, 0.1) is 12.7 Å². The second-order valence-electron chi connectivity index (χ2n) is 7.07. The third kappa shape index (κ3) is 6.30. The third-order valence-corrected chi connectivity index (χ3v) is 5.63. The van der Waals surface area contributed by atoms with Crippen LogP contribution in [0.4, 0.5) is 15.0 Å². The van der Waals surface area contributed by atoms with Gasteiger partial charge in [-0.3, -0.25) is 4.72 Å². The van der Waals surface area contributed by atoms with E-state index in [-0.39, 0.29) is 60.1 Å². The summed E-state index contributed by atoms with van der Waals surface area (Å²) in [5, 5.41) is 0.340. The molecule has 0 bridgehead atoms. The number of carbonyl (C=O) groups is 1. The number of aryl methyl sites for hydroxylation is 1. The number of aromatic nitrogens is 1. The standard InChI is InChI=1S/C20H21FN4O6S.Na.H/c1-11-13-9-15(21)17(31-20(27)25(3)4)10-16(13)30-19(26)14(11)7-12-5-6-23-18(8-12)24-32(28,29)22-2;;/h5-6,8-10,22H,7H2,1-4H3,(H,23,24);;/q;+1;-1. The molecule has 0 fully saturated rings. The smallest absolute Gasteiger partial charge is 1.00 e. The zero-order valence-electron chi connectivity index (χ0n) is 19.7. The Morgan fingerprint density at radius 1 is 1.30 bits per heavy atom. The van der Waals surface area contributed by atoms with Gasteiger partial charge in [-0.15, -0.1) is 0 Å². The first kappa shape index (κ1) is 26.7. The third-order valence-electron chi connectivity index (χ3n) is 4.62. The number of benzene rings is 1. The molecule has 2 heterocycles. The van der Waals surface area contributed by atoms with Gasteiger partial charge in [-0.1, -0.05) is 0 Å². The quantitative estimate of drug-likeness (QED) is 0.346. The fourth-order valence-electron chi connectivity index (χ4n) is 2.89. The summed E-state index contributed by atoms with van der Waals surface area (Å²) in [6, 6.07) is 5.38. The van der Waals surface area contributed by atoms with Crippen molar-refractivity contribution in [1.29, 1.82) is 0 Å². The van der Waals surface area contributed by atoms with Gasteiger partial charge in [-0.05, 0) is 36.2 Å². The minimum atomic E-state index is -3.75. The molecule has 0 unspecified atom stereocenters. The number of fused-ring (bicyclic) bond motifs is 1. The van der Waals surface area contributed by atoms with Crippen molar-refractivity contribution in [2.45, 2.75) is 13.3 Å². The largest absolute Gasteiger partial charge is 1.00 e. The summed E-state index contributed by atoms with van der Waals surface area (Å²) in [6.45, 7) is 1.64. The first-order valence-corrected chi connectivity index (χ1v) is 10.8. The van der Waals surface area contributed by atoms with Crippen LogP contribution in [0.15, 0.2) is 39.7 Å². The Hall–Kier alpha value is -2.51. The van der Waals surface area contributed by atoms with Gasteiger partial charge in [0.15, 0.2) is 11.6 Å². The number of nitrogens with zero attached hydrogens (tertiary/aromatic N) is 2. The summed E-state index contributed by atoms with van der Waals surface area (Å²) >= 11 is 0. The van der Waals surface area contributed by atoms with Crippen LogP contribution >= 0.6 is 0 Å². The number of nitrogens with one attached hydrogen (secondary N) is 2. The molecule has 2 N–H and O–H groups in total. The van der Waals surface area contributed by atoms with Crippen molar-refractivity contribution in [3.05, 3.63) is 63.4 Å². The van der Waals surface area contributed by atoms with E-state index in [0.717, 1.165) is 17.0 Å². The molecule has 0 saturated heterocycles. The van der Waals surface area contributed by atoms with Crippen molar-refractivity contribution >= 4 is 33.1 Å². The molecule has 13 heteroatoms. The van der Waals surface area contributed by atoms with E-state index < -0.39 is 27.7 Å². The van der Waals surface area contributed by atoms with E-state index in [1.165, 1.54) is 33.4 Å². The number of ether oxygens (including phenoxy) is 1. The van der Waals surface area contributed by atoms with E-state index >= 15 is 0 Å². The molecule has 1 aromatic carbocycles. The van der Waals surface area contributed by atoms with E-state index in [1.54, 1.807) is 13.0 Å². The Morgan fingerprint density at radius 3 is 2.64 bits per heavy atom. The summed E-state index contributed by atoms with van der Waals surface area (Å²) in [5.41, 5.74) is 0.746. The molecular formula is C20H22FN4NaO6S. The van der Waals surface area contributed by atoms with Crippen molar-refractivity contribution in [1.82, 2.24) is 14.6 Å². The van der Waals surface area contributed by atoms with Gasteiger partial charge in [0.05, 0.1) is 0 Å². The van der Waals surface area contributed by atoms with Gasteiger partial charge in [0.2, 0.25) is 0 Å². The van der Waals surface area contributed by atoms with Crippen LogP contribution in [0.3, 0.4) is 0 Å². The molecule has 2 aromatic heterocycles. The van der Waals surface area contributed by atoms with E-state index in [2.05, 4.69) is 14.4 Å². The molecule has 1 amide bonds. The molecule has 0 atom stereocenters. The fourth-order valence-corrected chi connectivity index (χ4v) is 3.38. The monoisotopic (exact) mass is 488 g/mol. The minimum absolute atomic E-state index is 0. The Kier molecular flexibility index (Phi) is 8.60. The average Bonchev–Trinajstić information content (AvgIpc) is 2.72. The molecular weight excluding hydrogens is 466 g/mol. The molecule has 0 spiro atoms. The molecule has 3 aromatic rings. The van der Waals surface area contributed by atoms with E-state index in [1.807, 2.05) is 0 Å². The molecule has 0 saturated carbocycles. The predicted molar refractivity (Wildman–Crippen MR) is 117 cm³/mol. The number of anilines is 1. The maximum Gasteiger partial charge on any atom is 1.00 e. The number of hydrogen-bond donors (Lipinski definition) is 2. The SMILES string of the molecule is CNS(=O)(=O)Nc1cc(Cc2c(C)c3cc(F)c(OC(=O)N(C)C)cc3oc2=O)ccn1.[H-].[Na+]. The molecule has 0 aliphatic heterocycles. The van der Waals surface area contributed by atoms with Crippen molar-refractivity contribution < 1.29 is 57.7 Å². The van der Waals surface area contributed by atoms with E-state index in [0.29, 0.717) is 16.5 Å². The number of carbonyl (C=O) groups excluding carboxylic acids is 1. The summed E-state index contributed by atoms with van der Waals surface area (Å²) in [4.78, 5) is 29.4. The van der Waals surface area contributed by atoms with Gasteiger partial charge < -0.3 is 15.5 Å². The second-order valence-corrected chi connectivity index (χ2v) is 8.69. The van der Waals surface area contributed by atoms with Crippen LogP contribution in [0.2, 0.25) is 0 Å². The van der Waals surface area contributed by atoms with Crippen LogP contribution in [0.5, 0.6) is 5.75 Å². The normalized spacial score (nSPS) is 11.1. The van der Waals surface area contributed by atoms with Crippen molar-refractivity contribution in [2.24, 2.45) is 0 Å². The molecule has 0 radical (unpaired) electrons. The Bertz CT molecular complexity index is 1370. The molecule has 3 rings (SSSR count). The maximum atomic E-state index is 14.5. The van der Waals surface area contributed by atoms with Gasteiger partial charge in [-0.25, -0.2) is 23.7 Å². The second kappa shape index (κ2) is 10.6. The zero-order valence-corrected chi connectivity index (χ0v) is 21.5. The molecule has 0 aliphatic rings. The molecule has 0 aliphatic carbocycles.